The molecule has 0 aromatic heterocycles. The quantitative estimate of drug-likeness (QED) is 0.902. The van der Waals surface area contributed by atoms with Gasteiger partial charge in [-0.15, -0.1) is 0 Å². The number of benzene rings is 2. The molecular formula is C15H12ClF2NO2. The molecule has 21 heavy (non-hydrogen) atoms. The molecule has 0 aliphatic heterocycles. The van der Waals surface area contributed by atoms with E-state index in [9.17, 15) is 13.6 Å². The standard InChI is InChI=1S/C15H12ClF2NO2/c16-11-6-2-1-5-10(11)9-14(20)19-12-7-3-4-8-13(12)21-15(17)18/h1-8,15H,9H2,(H,19,20). The van der Waals surface area contributed by atoms with Crippen LogP contribution in [0.5, 0.6) is 5.75 Å². The van der Waals surface area contributed by atoms with E-state index in [-0.39, 0.29) is 23.8 Å². The van der Waals surface area contributed by atoms with Gasteiger partial charge in [-0.3, -0.25) is 4.79 Å². The van der Waals surface area contributed by atoms with E-state index in [1.807, 2.05) is 0 Å². The molecule has 0 aliphatic rings. The Morgan fingerprint density at radius 3 is 2.52 bits per heavy atom. The van der Waals surface area contributed by atoms with Gasteiger partial charge in [-0.25, -0.2) is 0 Å². The second-order valence-electron chi connectivity index (χ2n) is 4.19. The van der Waals surface area contributed by atoms with Crippen LogP contribution in [0.2, 0.25) is 5.02 Å². The number of nitrogens with one attached hydrogen (secondary N) is 1. The average molecular weight is 312 g/mol. The molecule has 6 heteroatoms. The molecule has 0 spiro atoms. The molecule has 0 bridgehead atoms. The van der Waals surface area contributed by atoms with Gasteiger partial charge in [-0.05, 0) is 23.8 Å². The summed E-state index contributed by atoms with van der Waals surface area (Å²) in [5, 5.41) is 3.01. The van der Waals surface area contributed by atoms with Gasteiger partial charge in [0.25, 0.3) is 0 Å². The van der Waals surface area contributed by atoms with Crippen LogP contribution in [0.15, 0.2) is 48.5 Å². The Hall–Kier alpha value is -2.14. The van der Waals surface area contributed by atoms with Crippen molar-refractivity contribution in [2.45, 2.75) is 13.0 Å². The highest BCUT2D eigenvalue weighted by atomic mass is 35.5. The summed E-state index contributed by atoms with van der Waals surface area (Å²) in [6.07, 6.45) is 0.0443. The lowest BCUT2D eigenvalue weighted by molar-refractivity contribution is -0.115. The van der Waals surface area contributed by atoms with Crippen molar-refractivity contribution in [2.75, 3.05) is 5.32 Å². The van der Waals surface area contributed by atoms with Gasteiger partial charge in [0.15, 0.2) is 0 Å². The molecule has 1 amide bonds. The van der Waals surface area contributed by atoms with Crippen LogP contribution in [0.3, 0.4) is 0 Å². The van der Waals surface area contributed by atoms with E-state index >= 15 is 0 Å². The molecule has 110 valence electrons. The van der Waals surface area contributed by atoms with Crippen molar-refractivity contribution in [2.24, 2.45) is 0 Å². The number of para-hydroxylation sites is 2. The first-order valence-corrected chi connectivity index (χ1v) is 6.51. The summed E-state index contributed by atoms with van der Waals surface area (Å²) < 4.78 is 28.9. The van der Waals surface area contributed by atoms with Crippen molar-refractivity contribution in [3.63, 3.8) is 0 Å². The first-order valence-electron chi connectivity index (χ1n) is 6.13. The second kappa shape index (κ2) is 7.04. The zero-order valence-electron chi connectivity index (χ0n) is 10.9. The van der Waals surface area contributed by atoms with Gasteiger partial charge in [0.1, 0.15) is 5.75 Å². The summed E-state index contributed by atoms with van der Waals surface area (Å²) in [6.45, 7) is -2.95. The maximum absolute atomic E-state index is 12.3. The minimum absolute atomic E-state index is 0.0443. The van der Waals surface area contributed by atoms with Crippen LogP contribution >= 0.6 is 11.6 Å². The third-order valence-electron chi connectivity index (χ3n) is 2.69. The number of halogens is 3. The van der Waals surface area contributed by atoms with E-state index in [1.165, 1.54) is 12.1 Å². The van der Waals surface area contributed by atoms with Gasteiger partial charge in [0, 0.05) is 5.02 Å². The molecule has 1 N–H and O–H groups in total. The normalized spacial score (nSPS) is 10.5. The predicted octanol–water partition coefficient (Wildman–Crippen LogP) is 4.12. The minimum Gasteiger partial charge on any atom is -0.433 e. The molecule has 0 unspecified atom stereocenters. The van der Waals surface area contributed by atoms with E-state index in [0.29, 0.717) is 10.6 Å². The molecule has 2 aromatic rings. The molecule has 2 rings (SSSR count). The number of carbonyl (C=O) groups excluding carboxylic acids is 1. The summed E-state index contributed by atoms with van der Waals surface area (Å²) in [5.74, 6) is -0.451. The van der Waals surface area contributed by atoms with E-state index in [4.69, 9.17) is 11.6 Å². The van der Waals surface area contributed by atoms with Crippen LogP contribution in [0.1, 0.15) is 5.56 Å². The van der Waals surface area contributed by atoms with Crippen molar-refractivity contribution >= 4 is 23.2 Å². The zero-order valence-corrected chi connectivity index (χ0v) is 11.6. The lowest BCUT2D eigenvalue weighted by Gasteiger charge is -2.12. The number of anilines is 1. The van der Waals surface area contributed by atoms with Gasteiger partial charge in [-0.1, -0.05) is 41.9 Å². The lowest BCUT2D eigenvalue weighted by atomic mass is 10.1. The molecule has 2 aromatic carbocycles. The Morgan fingerprint density at radius 2 is 1.81 bits per heavy atom. The fourth-order valence-corrected chi connectivity index (χ4v) is 1.98. The number of hydrogen-bond acceptors (Lipinski definition) is 2. The van der Waals surface area contributed by atoms with Gasteiger partial charge in [0.05, 0.1) is 12.1 Å². The molecule has 0 fully saturated rings. The Kier molecular flexibility index (Phi) is 5.11. The van der Waals surface area contributed by atoms with Crippen molar-refractivity contribution < 1.29 is 18.3 Å². The third-order valence-corrected chi connectivity index (χ3v) is 3.05. The highest BCUT2D eigenvalue weighted by Gasteiger charge is 2.12. The topological polar surface area (TPSA) is 38.3 Å². The number of rotatable bonds is 5. The van der Waals surface area contributed by atoms with E-state index in [2.05, 4.69) is 10.1 Å². The fraction of sp³-hybridized carbons (Fsp3) is 0.133. The summed E-state index contributed by atoms with van der Waals surface area (Å²) in [7, 11) is 0. The number of amides is 1. The maximum atomic E-state index is 12.3. The number of carbonyl (C=O) groups is 1. The van der Waals surface area contributed by atoms with Crippen LogP contribution < -0.4 is 10.1 Å². The Morgan fingerprint density at radius 1 is 1.14 bits per heavy atom. The maximum Gasteiger partial charge on any atom is 0.387 e. The lowest BCUT2D eigenvalue weighted by Crippen LogP contribution is -2.16. The Bertz CT molecular complexity index is 635. The predicted molar refractivity (Wildman–Crippen MR) is 76.9 cm³/mol. The van der Waals surface area contributed by atoms with E-state index < -0.39 is 6.61 Å². The molecular weight excluding hydrogens is 300 g/mol. The monoisotopic (exact) mass is 311 g/mol. The third kappa shape index (κ3) is 4.43. The summed E-state index contributed by atoms with van der Waals surface area (Å²) in [6, 6.07) is 12.9. The van der Waals surface area contributed by atoms with Crippen LogP contribution in [-0.4, -0.2) is 12.5 Å². The van der Waals surface area contributed by atoms with E-state index in [0.717, 1.165) is 0 Å². The number of alkyl halides is 2. The summed E-state index contributed by atoms with van der Waals surface area (Å²) >= 11 is 5.97. The van der Waals surface area contributed by atoms with Crippen molar-refractivity contribution in [3.8, 4) is 5.75 Å². The molecule has 3 nitrogen and oxygen atoms in total. The fourth-order valence-electron chi connectivity index (χ4n) is 1.78. The van der Waals surface area contributed by atoms with Crippen molar-refractivity contribution in [3.05, 3.63) is 59.1 Å². The highest BCUT2D eigenvalue weighted by molar-refractivity contribution is 6.31. The van der Waals surface area contributed by atoms with Gasteiger partial charge in [0.2, 0.25) is 5.91 Å². The van der Waals surface area contributed by atoms with E-state index in [1.54, 1.807) is 36.4 Å². The van der Waals surface area contributed by atoms with Crippen molar-refractivity contribution in [1.29, 1.82) is 0 Å². The summed E-state index contributed by atoms with van der Waals surface area (Å²) in [4.78, 5) is 12.0. The number of hydrogen-bond donors (Lipinski definition) is 1. The van der Waals surface area contributed by atoms with Gasteiger partial charge in [-0.2, -0.15) is 8.78 Å². The molecule has 0 heterocycles. The Balaban J connectivity index is 2.08. The molecule has 0 radical (unpaired) electrons. The molecule has 0 aliphatic carbocycles. The smallest absolute Gasteiger partial charge is 0.387 e. The van der Waals surface area contributed by atoms with Gasteiger partial charge >= 0.3 is 6.61 Å². The first-order chi connectivity index (χ1) is 10.1. The van der Waals surface area contributed by atoms with Crippen LogP contribution in [0, 0.1) is 0 Å². The largest absolute Gasteiger partial charge is 0.433 e. The minimum atomic E-state index is -2.95. The van der Waals surface area contributed by atoms with Crippen molar-refractivity contribution in [1.82, 2.24) is 0 Å². The van der Waals surface area contributed by atoms with Gasteiger partial charge < -0.3 is 10.1 Å². The van der Waals surface area contributed by atoms with Crippen LogP contribution in [0.25, 0.3) is 0 Å². The zero-order chi connectivity index (χ0) is 15.2. The average Bonchev–Trinajstić information content (AvgIpc) is 2.43. The second-order valence-corrected chi connectivity index (χ2v) is 4.60. The SMILES string of the molecule is O=C(Cc1ccccc1Cl)Nc1ccccc1OC(F)F. The molecule has 0 saturated carbocycles. The first kappa shape index (κ1) is 15.3. The van der Waals surface area contributed by atoms with Crippen LogP contribution in [0.4, 0.5) is 14.5 Å². The molecule has 0 atom stereocenters. The summed E-state index contributed by atoms with van der Waals surface area (Å²) in [5.41, 5.74) is 0.846. The Labute approximate surface area is 125 Å². The highest BCUT2D eigenvalue weighted by Crippen LogP contribution is 2.26. The number of ether oxygens (including phenoxy) is 1. The van der Waals surface area contributed by atoms with Crippen LogP contribution in [-0.2, 0) is 11.2 Å². The molecule has 0 saturated heterocycles.